The minimum absolute atomic E-state index is 0.0230. The molecule has 3 N–H and O–H groups in total. The standard InChI is InChI=1S/C15H20N4O2/c1-3-13-17-14(19-18-13)15(21)16-10(2)4-5-11-6-8-12(20)9-7-11/h6-10,20H,3-5H2,1-2H3,(H,16,21)(H,17,18,19). The van der Waals surface area contributed by atoms with Gasteiger partial charge in [-0.15, -0.1) is 5.10 Å². The molecule has 2 rings (SSSR count). The molecular weight excluding hydrogens is 268 g/mol. The fourth-order valence-corrected chi connectivity index (χ4v) is 1.96. The van der Waals surface area contributed by atoms with E-state index < -0.39 is 0 Å². The Hall–Kier alpha value is -2.37. The van der Waals surface area contributed by atoms with Crippen LogP contribution in [0.2, 0.25) is 0 Å². The third-order valence-electron chi connectivity index (χ3n) is 3.25. The highest BCUT2D eigenvalue weighted by atomic mass is 16.3. The predicted molar refractivity (Wildman–Crippen MR) is 79.1 cm³/mol. The molecule has 0 aliphatic heterocycles. The number of benzene rings is 1. The number of aryl methyl sites for hydroxylation is 2. The Balaban J connectivity index is 1.82. The van der Waals surface area contributed by atoms with Gasteiger partial charge in [-0.2, -0.15) is 0 Å². The number of aromatic nitrogens is 3. The third kappa shape index (κ3) is 4.30. The number of amides is 1. The van der Waals surface area contributed by atoms with Gasteiger partial charge >= 0.3 is 0 Å². The maximum absolute atomic E-state index is 12.0. The SMILES string of the molecule is CCc1nc(C(=O)NC(C)CCc2ccc(O)cc2)n[nH]1. The van der Waals surface area contributed by atoms with E-state index in [4.69, 9.17) is 0 Å². The van der Waals surface area contributed by atoms with Crippen LogP contribution in [0.25, 0.3) is 0 Å². The topological polar surface area (TPSA) is 90.9 Å². The van der Waals surface area contributed by atoms with Gasteiger partial charge in [-0.1, -0.05) is 19.1 Å². The van der Waals surface area contributed by atoms with E-state index in [1.807, 2.05) is 26.0 Å². The van der Waals surface area contributed by atoms with Crippen LogP contribution in [0.5, 0.6) is 5.75 Å². The van der Waals surface area contributed by atoms with Crippen molar-refractivity contribution < 1.29 is 9.90 Å². The summed E-state index contributed by atoms with van der Waals surface area (Å²) in [4.78, 5) is 16.1. The van der Waals surface area contributed by atoms with E-state index in [9.17, 15) is 9.90 Å². The second-order valence-corrected chi connectivity index (χ2v) is 5.04. The van der Waals surface area contributed by atoms with E-state index in [2.05, 4.69) is 20.5 Å². The summed E-state index contributed by atoms with van der Waals surface area (Å²) < 4.78 is 0. The Kier molecular flexibility index (Phi) is 4.92. The summed E-state index contributed by atoms with van der Waals surface area (Å²) in [6.07, 6.45) is 2.36. The lowest BCUT2D eigenvalue weighted by Gasteiger charge is -2.12. The molecular formula is C15H20N4O2. The number of phenolic OH excluding ortho intramolecular Hbond substituents is 1. The van der Waals surface area contributed by atoms with Crippen molar-refractivity contribution in [3.05, 3.63) is 41.5 Å². The molecule has 0 saturated carbocycles. The van der Waals surface area contributed by atoms with Gasteiger partial charge in [-0.25, -0.2) is 4.98 Å². The van der Waals surface area contributed by atoms with Crippen LogP contribution < -0.4 is 5.32 Å². The van der Waals surface area contributed by atoms with Crippen molar-refractivity contribution in [3.63, 3.8) is 0 Å². The summed E-state index contributed by atoms with van der Waals surface area (Å²) >= 11 is 0. The van der Waals surface area contributed by atoms with Crippen molar-refractivity contribution in [2.45, 2.75) is 39.2 Å². The molecule has 1 unspecified atom stereocenters. The molecule has 1 aromatic heterocycles. The van der Waals surface area contributed by atoms with Gasteiger partial charge in [-0.3, -0.25) is 9.89 Å². The van der Waals surface area contributed by atoms with E-state index in [-0.39, 0.29) is 23.5 Å². The molecule has 1 heterocycles. The predicted octanol–water partition coefficient (Wildman–Crippen LogP) is 1.82. The van der Waals surface area contributed by atoms with Gasteiger partial charge in [0.2, 0.25) is 5.82 Å². The third-order valence-corrected chi connectivity index (χ3v) is 3.25. The van der Waals surface area contributed by atoms with Crippen LogP contribution in [-0.2, 0) is 12.8 Å². The first kappa shape index (κ1) is 15.0. The highest BCUT2D eigenvalue weighted by molar-refractivity contribution is 5.90. The van der Waals surface area contributed by atoms with Gasteiger partial charge in [0.15, 0.2) is 0 Å². The number of carbonyl (C=O) groups excluding carboxylic acids is 1. The zero-order valence-corrected chi connectivity index (χ0v) is 12.3. The Morgan fingerprint density at radius 1 is 1.38 bits per heavy atom. The van der Waals surface area contributed by atoms with Gasteiger partial charge in [0.25, 0.3) is 5.91 Å². The van der Waals surface area contributed by atoms with E-state index in [0.29, 0.717) is 5.82 Å². The van der Waals surface area contributed by atoms with Crippen molar-refractivity contribution in [2.24, 2.45) is 0 Å². The number of carbonyl (C=O) groups is 1. The first-order valence-electron chi connectivity index (χ1n) is 7.08. The highest BCUT2D eigenvalue weighted by Gasteiger charge is 2.14. The number of hydrogen-bond acceptors (Lipinski definition) is 4. The fraction of sp³-hybridized carbons (Fsp3) is 0.400. The van der Waals surface area contributed by atoms with Gasteiger partial charge < -0.3 is 10.4 Å². The van der Waals surface area contributed by atoms with Crippen molar-refractivity contribution >= 4 is 5.91 Å². The molecule has 2 aromatic rings. The monoisotopic (exact) mass is 288 g/mol. The maximum Gasteiger partial charge on any atom is 0.291 e. The summed E-state index contributed by atoms with van der Waals surface area (Å²) in [7, 11) is 0. The van der Waals surface area contributed by atoms with Gasteiger partial charge in [0, 0.05) is 12.5 Å². The smallest absolute Gasteiger partial charge is 0.291 e. The Bertz CT molecular complexity index is 592. The Morgan fingerprint density at radius 3 is 2.71 bits per heavy atom. The molecule has 112 valence electrons. The summed E-state index contributed by atoms with van der Waals surface area (Å²) in [6, 6.07) is 7.12. The molecule has 1 atom stereocenters. The second-order valence-electron chi connectivity index (χ2n) is 5.04. The Labute approximate surface area is 123 Å². The average molecular weight is 288 g/mol. The van der Waals surface area contributed by atoms with E-state index in [1.165, 1.54) is 0 Å². The van der Waals surface area contributed by atoms with Gasteiger partial charge in [0.1, 0.15) is 11.6 Å². The van der Waals surface area contributed by atoms with Gasteiger partial charge in [0.05, 0.1) is 0 Å². The molecule has 0 aliphatic carbocycles. The van der Waals surface area contributed by atoms with Crippen molar-refractivity contribution in [2.75, 3.05) is 0 Å². The maximum atomic E-state index is 12.0. The molecule has 0 saturated heterocycles. The van der Waals surface area contributed by atoms with Crippen molar-refractivity contribution in [1.82, 2.24) is 20.5 Å². The van der Waals surface area contributed by atoms with Crippen LogP contribution in [0.15, 0.2) is 24.3 Å². The lowest BCUT2D eigenvalue weighted by molar-refractivity contribution is 0.0928. The number of nitrogens with zero attached hydrogens (tertiary/aromatic N) is 2. The molecule has 1 aromatic carbocycles. The molecule has 0 fully saturated rings. The Morgan fingerprint density at radius 2 is 2.10 bits per heavy atom. The molecule has 21 heavy (non-hydrogen) atoms. The zero-order chi connectivity index (χ0) is 15.2. The second kappa shape index (κ2) is 6.88. The summed E-state index contributed by atoms with van der Waals surface area (Å²) in [5, 5.41) is 18.7. The minimum atomic E-state index is -0.260. The lowest BCUT2D eigenvalue weighted by Crippen LogP contribution is -2.33. The summed E-state index contributed by atoms with van der Waals surface area (Å²) in [6.45, 7) is 3.90. The van der Waals surface area contributed by atoms with Crippen LogP contribution in [0.1, 0.15) is 42.3 Å². The molecule has 0 spiro atoms. The van der Waals surface area contributed by atoms with Crippen molar-refractivity contribution in [1.29, 1.82) is 0 Å². The van der Waals surface area contributed by atoms with E-state index in [0.717, 1.165) is 24.8 Å². The largest absolute Gasteiger partial charge is 0.508 e. The number of aromatic hydroxyl groups is 1. The summed E-state index contributed by atoms with van der Waals surface area (Å²) in [5.41, 5.74) is 1.13. The summed E-state index contributed by atoms with van der Waals surface area (Å²) in [5.74, 6) is 0.890. The molecule has 6 nitrogen and oxygen atoms in total. The lowest BCUT2D eigenvalue weighted by atomic mass is 10.1. The van der Waals surface area contributed by atoms with Crippen LogP contribution in [-0.4, -0.2) is 32.2 Å². The molecule has 0 bridgehead atoms. The van der Waals surface area contributed by atoms with E-state index in [1.54, 1.807) is 12.1 Å². The van der Waals surface area contributed by atoms with Crippen LogP contribution in [0.4, 0.5) is 0 Å². The zero-order valence-electron chi connectivity index (χ0n) is 12.3. The first-order chi connectivity index (χ1) is 10.1. The van der Waals surface area contributed by atoms with Crippen LogP contribution >= 0.6 is 0 Å². The number of nitrogens with one attached hydrogen (secondary N) is 2. The number of aromatic amines is 1. The fourth-order valence-electron chi connectivity index (χ4n) is 1.96. The first-order valence-corrected chi connectivity index (χ1v) is 7.08. The number of hydrogen-bond donors (Lipinski definition) is 3. The quantitative estimate of drug-likeness (QED) is 0.756. The van der Waals surface area contributed by atoms with Crippen molar-refractivity contribution in [3.8, 4) is 5.75 Å². The number of rotatable bonds is 6. The van der Waals surface area contributed by atoms with Gasteiger partial charge in [-0.05, 0) is 37.5 Å². The average Bonchev–Trinajstić information content (AvgIpc) is 2.96. The van der Waals surface area contributed by atoms with Crippen LogP contribution in [0, 0.1) is 0 Å². The minimum Gasteiger partial charge on any atom is -0.508 e. The number of H-pyrrole nitrogens is 1. The van der Waals surface area contributed by atoms with Crippen LogP contribution in [0.3, 0.4) is 0 Å². The number of phenols is 1. The molecule has 0 radical (unpaired) electrons. The normalized spacial score (nSPS) is 12.1. The van der Waals surface area contributed by atoms with E-state index >= 15 is 0 Å². The highest BCUT2D eigenvalue weighted by Crippen LogP contribution is 2.12. The molecule has 1 amide bonds. The molecule has 0 aliphatic rings. The molecule has 6 heteroatoms.